The van der Waals surface area contributed by atoms with Crippen LogP contribution in [0.5, 0.6) is 5.75 Å². The summed E-state index contributed by atoms with van der Waals surface area (Å²) in [6.45, 7) is 3.36. The third-order valence-corrected chi connectivity index (χ3v) is 4.67. The molecule has 9 heteroatoms. The van der Waals surface area contributed by atoms with Crippen LogP contribution in [0, 0.1) is 5.82 Å². The second-order valence-corrected chi connectivity index (χ2v) is 7.05. The number of esters is 1. The van der Waals surface area contributed by atoms with E-state index in [1.807, 2.05) is 11.9 Å². The number of halogens is 1. The normalized spacial score (nSPS) is 16.1. The molecule has 2 aromatic rings. The monoisotopic (exact) mass is 431 g/mol. The van der Waals surface area contributed by atoms with Crippen molar-refractivity contribution in [3.8, 4) is 5.75 Å². The number of hydrogen-bond donors (Lipinski definition) is 2. The van der Waals surface area contributed by atoms with Crippen LogP contribution >= 0.6 is 0 Å². The van der Waals surface area contributed by atoms with Crippen LogP contribution < -0.4 is 15.4 Å². The van der Waals surface area contributed by atoms with E-state index in [1.54, 1.807) is 31.2 Å². The molecular formula is C22H26FN3O5. The molecule has 31 heavy (non-hydrogen) atoms. The topological polar surface area (TPSA) is 93.0 Å². The van der Waals surface area contributed by atoms with Crippen molar-refractivity contribution in [2.45, 2.75) is 19.4 Å². The van der Waals surface area contributed by atoms with Gasteiger partial charge in [-0.1, -0.05) is 0 Å². The van der Waals surface area contributed by atoms with Crippen LogP contribution in [0.1, 0.15) is 25.1 Å². The Morgan fingerprint density at radius 1 is 1.26 bits per heavy atom. The van der Waals surface area contributed by atoms with Crippen molar-refractivity contribution in [2.75, 3.05) is 33.4 Å². The maximum Gasteiger partial charge on any atom is 0.338 e. The molecule has 0 bridgehead atoms. The Hall–Kier alpha value is -3.33. The van der Waals surface area contributed by atoms with Crippen LogP contribution in [-0.4, -0.2) is 50.3 Å². The number of hydrogen-bond acceptors (Lipinski definition) is 6. The average molecular weight is 431 g/mol. The maximum atomic E-state index is 12.9. The van der Waals surface area contributed by atoms with E-state index in [0.29, 0.717) is 48.9 Å². The predicted molar refractivity (Wildman–Crippen MR) is 111 cm³/mol. The van der Waals surface area contributed by atoms with E-state index in [-0.39, 0.29) is 12.4 Å². The van der Waals surface area contributed by atoms with Crippen molar-refractivity contribution in [3.05, 3.63) is 65.5 Å². The molecule has 1 aliphatic heterocycles. The summed E-state index contributed by atoms with van der Waals surface area (Å²) in [4.78, 5) is 26.8. The molecule has 166 valence electrons. The van der Waals surface area contributed by atoms with Crippen LogP contribution in [0.15, 0.2) is 58.3 Å². The number of carbonyl (C=O) groups is 2. The molecule has 1 aliphatic rings. The fourth-order valence-corrected chi connectivity index (χ4v) is 3.27. The van der Waals surface area contributed by atoms with E-state index in [9.17, 15) is 14.0 Å². The van der Waals surface area contributed by atoms with Crippen molar-refractivity contribution >= 4 is 12.0 Å². The summed E-state index contributed by atoms with van der Waals surface area (Å²) >= 11 is 0. The zero-order valence-electron chi connectivity index (χ0n) is 17.5. The van der Waals surface area contributed by atoms with Gasteiger partial charge in [0.25, 0.3) is 0 Å². The molecule has 2 amide bonds. The Kier molecular flexibility index (Phi) is 7.66. The van der Waals surface area contributed by atoms with Crippen molar-refractivity contribution in [3.63, 3.8) is 0 Å². The van der Waals surface area contributed by atoms with Crippen LogP contribution in [0.25, 0.3) is 0 Å². The highest BCUT2D eigenvalue weighted by Gasteiger charge is 2.35. The molecule has 0 saturated heterocycles. The molecule has 2 heterocycles. The molecule has 0 spiro atoms. The van der Waals surface area contributed by atoms with Gasteiger partial charge in [-0.2, -0.15) is 0 Å². The Morgan fingerprint density at radius 2 is 2.03 bits per heavy atom. The quantitative estimate of drug-likeness (QED) is 0.444. The minimum atomic E-state index is -0.729. The van der Waals surface area contributed by atoms with Crippen molar-refractivity contribution in [1.29, 1.82) is 0 Å². The standard InChI is InChI=1S/C22H26FN3O5/c1-3-29-21(27)19-17(24-22(28)25-20(19)18-6-4-12-31-18)14-26(2)11-5-13-30-16-9-7-15(23)8-10-16/h4,6-10,12,20H,3,5,11,13-14H2,1-2H3,(H2,24,25,28). The molecule has 0 radical (unpaired) electrons. The van der Waals surface area contributed by atoms with Gasteiger partial charge >= 0.3 is 12.0 Å². The molecule has 1 aromatic carbocycles. The lowest BCUT2D eigenvalue weighted by Gasteiger charge is -2.30. The van der Waals surface area contributed by atoms with E-state index in [4.69, 9.17) is 13.9 Å². The lowest BCUT2D eigenvalue weighted by atomic mass is 10.00. The van der Waals surface area contributed by atoms with Crippen molar-refractivity contribution < 1.29 is 27.9 Å². The van der Waals surface area contributed by atoms with Crippen LogP contribution in [0.3, 0.4) is 0 Å². The van der Waals surface area contributed by atoms with Gasteiger partial charge in [0, 0.05) is 18.8 Å². The summed E-state index contributed by atoms with van der Waals surface area (Å²) in [6.07, 6.45) is 2.18. The molecule has 1 aromatic heterocycles. The second kappa shape index (κ2) is 10.6. The largest absolute Gasteiger partial charge is 0.494 e. The van der Waals surface area contributed by atoms with Gasteiger partial charge in [-0.25, -0.2) is 14.0 Å². The van der Waals surface area contributed by atoms with Crippen LogP contribution in [-0.2, 0) is 9.53 Å². The first-order chi connectivity index (χ1) is 15.0. The third kappa shape index (κ3) is 6.08. The molecule has 0 saturated carbocycles. The first-order valence-corrected chi connectivity index (χ1v) is 10.1. The molecule has 0 fully saturated rings. The van der Waals surface area contributed by atoms with Gasteiger partial charge in [-0.3, -0.25) is 0 Å². The van der Waals surface area contributed by atoms with Crippen molar-refractivity contribution in [2.24, 2.45) is 0 Å². The minimum absolute atomic E-state index is 0.213. The minimum Gasteiger partial charge on any atom is -0.494 e. The molecule has 3 rings (SSSR count). The maximum absolute atomic E-state index is 12.9. The highest BCUT2D eigenvalue weighted by molar-refractivity contribution is 5.95. The molecule has 8 nitrogen and oxygen atoms in total. The predicted octanol–water partition coefficient (Wildman–Crippen LogP) is 2.99. The fraction of sp³-hybridized carbons (Fsp3) is 0.364. The number of urea groups is 1. The van der Waals surface area contributed by atoms with Gasteiger partial charge in [-0.05, 0) is 56.8 Å². The van der Waals surface area contributed by atoms with E-state index < -0.39 is 18.0 Å². The first-order valence-electron chi connectivity index (χ1n) is 10.1. The molecular weight excluding hydrogens is 405 g/mol. The van der Waals surface area contributed by atoms with E-state index >= 15 is 0 Å². The van der Waals surface area contributed by atoms with Gasteiger partial charge in [0.15, 0.2) is 0 Å². The number of ether oxygens (including phenoxy) is 2. The second-order valence-electron chi connectivity index (χ2n) is 7.05. The number of likely N-dealkylation sites (N-methyl/N-ethyl adjacent to an activating group) is 1. The van der Waals surface area contributed by atoms with Gasteiger partial charge in [0.1, 0.15) is 23.4 Å². The zero-order chi connectivity index (χ0) is 22.2. The number of carbonyl (C=O) groups excluding carboxylic acids is 2. The lowest BCUT2D eigenvalue weighted by Crippen LogP contribution is -2.48. The SMILES string of the molecule is CCOC(=O)C1=C(CN(C)CCCOc2ccc(F)cc2)NC(=O)NC1c1ccco1. The smallest absolute Gasteiger partial charge is 0.338 e. The summed E-state index contributed by atoms with van der Waals surface area (Å²) in [6, 6.07) is 8.09. The summed E-state index contributed by atoms with van der Waals surface area (Å²) < 4.78 is 29.2. The molecule has 0 aliphatic carbocycles. The zero-order valence-corrected chi connectivity index (χ0v) is 17.5. The number of rotatable bonds is 10. The fourth-order valence-electron chi connectivity index (χ4n) is 3.27. The van der Waals surface area contributed by atoms with Gasteiger partial charge in [0.05, 0.1) is 25.1 Å². The summed E-state index contributed by atoms with van der Waals surface area (Å²) in [5.74, 6) is 0.225. The Labute approximate surface area is 180 Å². The number of nitrogens with one attached hydrogen (secondary N) is 2. The highest BCUT2D eigenvalue weighted by atomic mass is 19.1. The van der Waals surface area contributed by atoms with E-state index in [2.05, 4.69) is 10.6 Å². The molecule has 1 atom stereocenters. The average Bonchev–Trinajstić information content (AvgIpc) is 3.27. The molecule has 2 N–H and O–H groups in total. The van der Waals surface area contributed by atoms with E-state index in [0.717, 1.165) is 0 Å². The first kappa shape index (κ1) is 22.4. The van der Waals surface area contributed by atoms with E-state index in [1.165, 1.54) is 18.4 Å². The summed E-state index contributed by atoms with van der Waals surface area (Å²) in [7, 11) is 1.88. The lowest BCUT2D eigenvalue weighted by molar-refractivity contribution is -0.139. The number of amides is 2. The van der Waals surface area contributed by atoms with Crippen molar-refractivity contribution in [1.82, 2.24) is 15.5 Å². The molecule has 1 unspecified atom stereocenters. The van der Waals surface area contributed by atoms with Gasteiger partial charge in [-0.15, -0.1) is 0 Å². The number of nitrogens with zero attached hydrogens (tertiary/aromatic N) is 1. The Morgan fingerprint density at radius 3 is 2.71 bits per heavy atom. The van der Waals surface area contributed by atoms with Gasteiger partial charge in [0.2, 0.25) is 0 Å². The third-order valence-electron chi connectivity index (χ3n) is 4.67. The highest BCUT2D eigenvalue weighted by Crippen LogP contribution is 2.28. The summed E-state index contributed by atoms with van der Waals surface area (Å²) in [5, 5.41) is 5.45. The number of benzene rings is 1. The van der Waals surface area contributed by atoms with Crippen LogP contribution in [0.4, 0.5) is 9.18 Å². The Bertz CT molecular complexity index is 912. The Balaban J connectivity index is 1.65. The summed E-state index contributed by atoms with van der Waals surface area (Å²) in [5.41, 5.74) is 0.774. The van der Waals surface area contributed by atoms with Gasteiger partial charge < -0.3 is 29.4 Å². The van der Waals surface area contributed by atoms with Crippen LogP contribution in [0.2, 0.25) is 0 Å². The number of furan rings is 1.